The van der Waals surface area contributed by atoms with Crippen LogP contribution < -0.4 is 5.32 Å². The maximum Gasteiger partial charge on any atom is 0.248 e. The fourth-order valence-corrected chi connectivity index (χ4v) is 2.15. The van der Waals surface area contributed by atoms with Crippen LogP contribution in [-0.2, 0) is 16.1 Å². The number of nitrogens with one attached hydrogen (secondary N) is 1. The minimum Gasteiger partial charge on any atom is -0.379 e. The molecule has 0 aromatic heterocycles. The molecule has 2 rings (SSSR count). The zero-order chi connectivity index (χ0) is 14.9. The summed E-state index contributed by atoms with van der Waals surface area (Å²) in [4.78, 5) is 14.0. The molecule has 1 heterocycles. The molecule has 1 aliphatic rings. The number of ether oxygens (including phenoxy) is 1. The summed E-state index contributed by atoms with van der Waals surface area (Å²) >= 11 is 0. The quantitative estimate of drug-likeness (QED) is 0.668. The maximum atomic E-state index is 11.6. The van der Waals surface area contributed by atoms with Gasteiger partial charge in [-0.15, -0.1) is 0 Å². The monoisotopic (exact) mass is 286 g/mol. The number of carbonyl (C=O) groups excluding carboxylic acids is 1. The molecule has 1 saturated heterocycles. The molecule has 0 radical (unpaired) electrons. The van der Waals surface area contributed by atoms with E-state index in [1.807, 2.05) is 31.2 Å². The number of carbonyl (C=O) groups is 1. The van der Waals surface area contributed by atoms with E-state index in [2.05, 4.69) is 22.3 Å². The lowest BCUT2D eigenvalue weighted by Gasteiger charge is -2.26. The molecule has 1 N–H and O–H groups in total. The number of anilines is 1. The third kappa shape index (κ3) is 5.53. The normalized spacial score (nSPS) is 16.6. The van der Waals surface area contributed by atoms with Crippen LogP contribution in [0.5, 0.6) is 0 Å². The van der Waals surface area contributed by atoms with Crippen molar-refractivity contribution in [3.8, 4) is 0 Å². The molecule has 1 aromatic carbocycles. The van der Waals surface area contributed by atoms with Crippen molar-refractivity contribution in [1.82, 2.24) is 4.90 Å². The Morgan fingerprint density at radius 1 is 1.24 bits per heavy atom. The molecule has 112 valence electrons. The first-order valence-electron chi connectivity index (χ1n) is 7.27. The SMILES string of the molecule is C/C=C/C=C/C(=O)Nc1ccc(CN2CCOCC2)cc1. The second-order valence-corrected chi connectivity index (χ2v) is 4.96. The fourth-order valence-electron chi connectivity index (χ4n) is 2.15. The van der Waals surface area contributed by atoms with Crippen LogP contribution in [0.2, 0.25) is 0 Å². The molecule has 4 nitrogen and oxygen atoms in total. The fraction of sp³-hybridized carbons (Fsp3) is 0.353. The zero-order valence-corrected chi connectivity index (χ0v) is 12.4. The first kappa shape index (κ1) is 15.5. The molecule has 0 unspecified atom stereocenters. The summed E-state index contributed by atoms with van der Waals surface area (Å²) in [6, 6.07) is 8.00. The Bertz CT molecular complexity index is 500. The van der Waals surface area contributed by atoms with E-state index in [1.165, 1.54) is 11.6 Å². The summed E-state index contributed by atoms with van der Waals surface area (Å²) in [5.74, 6) is -0.117. The van der Waals surface area contributed by atoms with Gasteiger partial charge in [-0.2, -0.15) is 0 Å². The highest BCUT2D eigenvalue weighted by Gasteiger charge is 2.10. The van der Waals surface area contributed by atoms with Gasteiger partial charge in [0.05, 0.1) is 13.2 Å². The van der Waals surface area contributed by atoms with E-state index >= 15 is 0 Å². The lowest BCUT2D eigenvalue weighted by molar-refractivity contribution is -0.111. The van der Waals surface area contributed by atoms with Crippen molar-refractivity contribution in [1.29, 1.82) is 0 Å². The highest BCUT2D eigenvalue weighted by Crippen LogP contribution is 2.12. The summed E-state index contributed by atoms with van der Waals surface area (Å²) in [5, 5.41) is 2.84. The third-order valence-electron chi connectivity index (χ3n) is 3.28. The standard InChI is InChI=1S/C17H22N2O2/c1-2-3-4-5-17(20)18-16-8-6-15(7-9-16)14-19-10-12-21-13-11-19/h2-9H,10-14H2,1H3,(H,18,20)/b3-2+,5-4+. The molecular weight excluding hydrogens is 264 g/mol. The first-order valence-corrected chi connectivity index (χ1v) is 7.27. The van der Waals surface area contributed by atoms with Crippen molar-refractivity contribution in [2.45, 2.75) is 13.5 Å². The van der Waals surface area contributed by atoms with Crippen LogP contribution in [-0.4, -0.2) is 37.1 Å². The molecule has 1 aromatic rings. The molecule has 0 aliphatic carbocycles. The largest absolute Gasteiger partial charge is 0.379 e. The van der Waals surface area contributed by atoms with Crippen molar-refractivity contribution in [3.63, 3.8) is 0 Å². The smallest absolute Gasteiger partial charge is 0.248 e. The van der Waals surface area contributed by atoms with Crippen molar-refractivity contribution in [3.05, 3.63) is 54.1 Å². The summed E-state index contributed by atoms with van der Waals surface area (Å²) in [5.41, 5.74) is 2.07. The van der Waals surface area contributed by atoms with Gasteiger partial charge in [-0.25, -0.2) is 0 Å². The number of amides is 1. The van der Waals surface area contributed by atoms with Crippen molar-refractivity contribution >= 4 is 11.6 Å². The number of benzene rings is 1. The van der Waals surface area contributed by atoms with Gasteiger partial charge in [0.25, 0.3) is 0 Å². The van der Waals surface area contributed by atoms with Crippen LogP contribution >= 0.6 is 0 Å². The minimum atomic E-state index is -0.117. The highest BCUT2D eigenvalue weighted by molar-refractivity contribution is 5.99. The Hall–Kier alpha value is -1.91. The lowest BCUT2D eigenvalue weighted by Crippen LogP contribution is -2.35. The van der Waals surface area contributed by atoms with Gasteiger partial charge >= 0.3 is 0 Å². The summed E-state index contributed by atoms with van der Waals surface area (Å²) < 4.78 is 5.34. The van der Waals surface area contributed by atoms with E-state index in [1.54, 1.807) is 6.08 Å². The van der Waals surface area contributed by atoms with E-state index in [4.69, 9.17) is 4.74 Å². The van der Waals surface area contributed by atoms with E-state index in [-0.39, 0.29) is 5.91 Å². The summed E-state index contributed by atoms with van der Waals surface area (Å²) in [6.07, 6.45) is 6.94. The predicted molar refractivity (Wildman–Crippen MR) is 85.1 cm³/mol. The Balaban J connectivity index is 1.85. The van der Waals surface area contributed by atoms with Crippen molar-refractivity contribution in [2.75, 3.05) is 31.6 Å². The predicted octanol–water partition coefficient (Wildman–Crippen LogP) is 2.59. The third-order valence-corrected chi connectivity index (χ3v) is 3.28. The summed E-state index contributed by atoms with van der Waals surface area (Å²) in [6.45, 7) is 6.43. The van der Waals surface area contributed by atoms with Crippen molar-refractivity contribution in [2.24, 2.45) is 0 Å². The molecule has 21 heavy (non-hydrogen) atoms. The zero-order valence-electron chi connectivity index (χ0n) is 12.4. The van der Waals surface area contributed by atoms with Gasteiger partial charge in [-0.1, -0.05) is 30.4 Å². The van der Waals surface area contributed by atoms with E-state index < -0.39 is 0 Å². The number of hydrogen-bond acceptors (Lipinski definition) is 3. The van der Waals surface area contributed by atoms with Crippen LogP contribution in [0.15, 0.2) is 48.6 Å². The average molecular weight is 286 g/mol. The number of hydrogen-bond donors (Lipinski definition) is 1. The second kappa shape index (κ2) is 8.39. The van der Waals surface area contributed by atoms with Gasteiger partial charge in [0.1, 0.15) is 0 Å². The van der Waals surface area contributed by atoms with Crippen LogP contribution in [0.25, 0.3) is 0 Å². The minimum absolute atomic E-state index is 0.117. The molecular formula is C17H22N2O2. The number of morpholine rings is 1. The lowest BCUT2D eigenvalue weighted by atomic mass is 10.2. The topological polar surface area (TPSA) is 41.6 Å². The number of rotatable bonds is 5. The van der Waals surface area contributed by atoms with Crippen molar-refractivity contribution < 1.29 is 9.53 Å². The van der Waals surface area contributed by atoms with Gasteiger partial charge in [0, 0.05) is 31.4 Å². The first-order chi connectivity index (χ1) is 10.3. The van der Waals surface area contributed by atoms with E-state index in [0.717, 1.165) is 38.5 Å². The van der Waals surface area contributed by atoms with Crippen LogP contribution in [0, 0.1) is 0 Å². The Labute approximate surface area is 126 Å². The van der Waals surface area contributed by atoms with E-state index in [0.29, 0.717) is 0 Å². The number of nitrogens with zero attached hydrogens (tertiary/aromatic N) is 1. The van der Waals surface area contributed by atoms with Gasteiger partial charge < -0.3 is 10.1 Å². The Kier molecular flexibility index (Phi) is 6.19. The average Bonchev–Trinajstić information content (AvgIpc) is 2.51. The van der Waals surface area contributed by atoms with Crippen LogP contribution in [0.4, 0.5) is 5.69 Å². The van der Waals surface area contributed by atoms with Gasteiger partial charge in [-0.3, -0.25) is 9.69 Å². The Morgan fingerprint density at radius 3 is 2.62 bits per heavy atom. The molecule has 0 saturated carbocycles. The van der Waals surface area contributed by atoms with Gasteiger partial charge in [-0.05, 0) is 24.6 Å². The number of allylic oxidation sites excluding steroid dienone is 3. The van der Waals surface area contributed by atoms with Gasteiger partial charge in [0.2, 0.25) is 5.91 Å². The molecule has 0 spiro atoms. The van der Waals surface area contributed by atoms with Crippen LogP contribution in [0.3, 0.4) is 0 Å². The van der Waals surface area contributed by atoms with Crippen LogP contribution in [0.1, 0.15) is 12.5 Å². The highest BCUT2D eigenvalue weighted by atomic mass is 16.5. The Morgan fingerprint density at radius 2 is 1.95 bits per heavy atom. The van der Waals surface area contributed by atoms with E-state index in [9.17, 15) is 4.79 Å². The second-order valence-electron chi connectivity index (χ2n) is 4.96. The molecule has 0 bridgehead atoms. The molecule has 0 atom stereocenters. The molecule has 1 aliphatic heterocycles. The molecule has 4 heteroatoms. The van der Waals surface area contributed by atoms with Gasteiger partial charge in [0.15, 0.2) is 0 Å². The summed E-state index contributed by atoms with van der Waals surface area (Å²) in [7, 11) is 0. The molecule has 1 amide bonds. The maximum absolute atomic E-state index is 11.6. The molecule has 1 fully saturated rings.